The lowest BCUT2D eigenvalue weighted by atomic mass is 9.86. The lowest BCUT2D eigenvalue weighted by Gasteiger charge is -2.34. The van der Waals surface area contributed by atoms with Gasteiger partial charge in [-0.1, -0.05) is 32.9 Å². The normalized spacial score (nSPS) is 21.2. The van der Waals surface area contributed by atoms with Gasteiger partial charge in [0, 0.05) is 24.7 Å². The number of carbonyl (C=O) groups is 1. The van der Waals surface area contributed by atoms with Gasteiger partial charge in [0.15, 0.2) is 0 Å². The molecule has 21 heavy (non-hydrogen) atoms. The summed E-state index contributed by atoms with van der Waals surface area (Å²) in [6.45, 7) is 10.2. The molecule has 2 rings (SSSR count). The zero-order valence-electron chi connectivity index (χ0n) is 13.7. The smallest absolute Gasteiger partial charge is 0.253 e. The second-order valence-corrected chi connectivity index (χ2v) is 7.34. The number of benzene rings is 1. The maximum absolute atomic E-state index is 12.6. The molecule has 2 N–H and O–H groups in total. The predicted octanol–water partition coefficient (Wildman–Crippen LogP) is 3.18. The zero-order chi connectivity index (χ0) is 15.6. The van der Waals surface area contributed by atoms with Crippen molar-refractivity contribution >= 4 is 5.91 Å². The average Bonchev–Trinajstić information content (AvgIpc) is 2.46. The van der Waals surface area contributed by atoms with Crippen molar-refractivity contribution in [3.05, 3.63) is 35.4 Å². The molecule has 1 aromatic carbocycles. The summed E-state index contributed by atoms with van der Waals surface area (Å²) in [4.78, 5) is 14.6. The highest BCUT2D eigenvalue weighted by Gasteiger charge is 2.26. The quantitative estimate of drug-likeness (QED) is 0.908. The minimum atomic E-state index is 0.118. The van der Waals surface area contributed by atoms with Crippen LogP contribution in [-0.4, -0.2) is 29.9 Å². The fraction of sp³-hybridized carbons (Fsp3) is 0.611. The van der Waals surface area contributed by atoms with Gasteiger partial charge in [0.1, 0.15) is 0 Å². The van der Waals surface area contributed by atoms with Crippen molar-refractivity contribution in [2.24, 2.45) is 11.7 Å². The lowest BCUT2D eigenvalue weighted by Crippen LogP contribution is -2.45. The van der Waals surface area contributed by atoms with E-state index in [0.29, 0.717) is 5.92 Å². The summed E-state index contributed by atoms with van der Waals surface area (Å²) in [6.07, 6.45) is 2.18. The van der Waals surface area contributed by atoms with Crippen LogP contribution in [0.2, 0.25) is 0 Å². The third-order valence-corrected chi connectivity index (χ3v) is 4.49. The topological polar surface area (TPSA) is 46.3 Å². The van der Waals surface area contributed by atoms with E-state index in [-0.39, 0.29) is 17.4 Å². The van der Waals surface area contributed by atoms with Crippen molar-refractivity contribution in [1.29, 1.82) is 0 Å². The van der Waals surface area contributed by atoms with Crippen LogP contribution in [0.3, 0.4) is 0 Å². The summed E-state index contributed by atoms with van der Waals surface area (Å²) in [7, 11) is 0. The number of carbonyl (C=O) groups excluding carboxylic acids is 1. The Hall–Kier alpha value is -1.35. The van der Waals surface area contributed by atoms with Gasteiger partial charge in [0.2, 0.25) is 0 Å². The molecule has 1 aliphatic rings. The number of rotatable bonds is 2. The molecule has 1 amide bonds. The predicted molar refractivity (Wildman–Crippen MR) is 87.4 cm³/mol. The van der Waals surface area contributed by atoms with Crippen LogP contribution in [0, 0.1) is 5.92 Å². The maximum Gasteiger partial charge on any atom is 0.253 e. The first-order valence-corrected chi connectivity index (χ1v) is 7.94. The van der Waals surface area contributed by atoms with E-state index in [1.165, 1.54) is 5.56 Å². The van der Waals surface area contributed by atoms with Crippen molar-refractivity contribution in [2.75, 3.05) is 13.1 Å². The molecule has 1 aliphatic heterocycles. The molecule has 1 fully saturated rings. The highest BCUT2D eigenvalue weighted by molar-refractivity contribution is 5.94. The van der Waals surface area contributed by atoms with E-state index in [0.717, 1.165) is 31.5 Å². The van der Waals surface area contributed by atoms with E-state index in [2.05, 4.69) is 32.9 Å². The summed E-state index contributed by atoms with van der Waals surface area (Å²) in [5.74, 6) is 0.567. The zero-order valence-corrected chi connectivity index (χ0v) is 13.7. The first kappa shape index (κ1) is 16.0. The molecule has 1 saturated heterocycles. The Morgan fingerprint density at radius 1 is 1.29 bits per heavy atom. The first-order chi connectivity index (χ1) is 9.79. The third-order valence-electron chi connectivity index (χ3n) is 4.49. The van der Waals surface area contributed by atoms with Gasteiger partial charge in [0.05, 0.1) is 0 Å². The fourth-order valence-electron chi connectivity index (χ4n) is 2.92. The number of amides is 1. The van der Waals surface area contributed by atoms with E-state index >= 15 is 0 Å². The number of likely N-dealkylation sites (tertiary alicyclic amines) is 1. The van der Waals surface area contributed by atoms with Gasteiger partial charge in [-0.25, -0.2) is 0 Å². The van der Waals surface area contributed by atoms with Crippen LogP contribution in [0.5, 0.6) is 0 Å². The molecule has 2 unspecified atom stereocenters. The Labute approximate surface area is 128 Å². The number of nitrogens with two attached hydrogens (primary N) is 1. The van der Waals surface area contributed by atoms with Gasteiger partial charge in [-0.05, 0) is 48.8 Å². The molecule has 1 heterocycles. The Morgan fingerprint density at radius 3 is 2.43 bits per heavy atom. The molecule has 0 aromatic heterocycles. The molecular weight excluding hydrogens is 260 g/mol. The molecule has 116 valence electrons. The summed E-state index contributed by atoms with van der Waals surface area (Å²) in [5, 5.41) is 0. The van der Waals surface area contributed by atoms with Gasteiger partial charge in [0.25, 0.3) is 5.91 Å². The fourth-order valence-corrected chi connectivity index (χ4v) is 2.92. The van der Waals surface area contributed by atoms with E-state index in [1.54, 1.807) is 0 Å². The maximum atomic E-state index is 12.6. The SMILES string of the molecule is CC(N)C1CCCN(C(=O)c2ccc(C(C)(C)C)cc2)C1. The molecular formula is C18H28N2O. The molecule has 0 saturated carbocycles. The first-order valence-electron chi connectivity index (χ1n) is 7.94. The van der Waals surface area contributed by atoms with Crippen LogP contribution in [0.15, 0.2) is 24.3 Å². The Morgan fingerprint density at radius 2 is 1.90 bits per heavy atom. The largest absolute Gasteiger partial charge is 0.338 e. The number of nitrogens with zero attached hydrogens (tertiary/aromatic N) is 1. The number of hydrogen-bond donors (Lipinski definition) is 1. The van der Waals surface area contributed by atoms with Gasteiger partial charge < -0.3 is 10.6 Å². The number of hydrogen-bond acceptors (Lipinski definition) is 2. The lowest BCUT2D eigenvalue weighted by molar-refractivity contribution is 0.0661. The third kappa shape index (κ3) is 3.85. The van der Waals surface area contributed by atoms with E-state index < -0.39 is 0 Å². The molecule has 3 heteroatoms. The molecule has 3 nitrogen and oxygen atoms in total. The van der Waals surface area contributed by atoms with Crippen LogP contribution in [0.1, 0.15) is 56.5 Å². The molecule has 2 atom stereocenters. The van der Waals surface area contributed by atoms with Gasteiger partial charge >= 0.3 is 0 Å². The molecule has 0 radical (unpaired) electrons. The molecule has 0 spiro atoms. The number of piperidine rings is 1. The minimum absolute atomic E-state index is 0.118. The van der Waals surface area contributed by atoms with Crippen LogP contribution < -0.4 is 5.73 Å². The molecule has 1 aromatic rings. The van der Waals surface area contributed by atoms with Crippen molar-refractivity contribution in [3.63, 3.8) is 0 Å². The Kier molecular flexibility index (Phi) is 4.72. The standard InChI is InChI=1S/C18H28N2O/c1-13(19)15-6-5-11-20(12-15)17(21)14-7-9-16(10-8-14)18(2,3)4/h7-10,13,15H,5-6,11-12,19H2,1-4H3. The van der Waals surface area contributed by atoms with E-state index in [9.17, 15) is 4.79 Å². The van der Waals surface area contributed by atoms with Gasteiger partial charge in [-0.3, -0.25) is 4.79 Å². The Balaban J connectivity index is 2.09. The van der Waals surface area contributed by atoms with Gasteiger partial charge in [-0.2, -0.15) is 0 Å². The highest BCUT2D eigenvalue weighted by atomic mass is 16.2. The molecule has 0 aliphatic carbocycles. The summed E-state index contributed by atoms with van der Waals surface area (Å²) >= 11 is 0. The van der Waals surface area contributed by atoms with Crippen molar-refractivity contribution in [1.82, 2.24) is 4.90 Å². The Bertz CT molecular complexity index is 485. The van der Waals surface area contributed by atoms with E-state index in [4.69, 9.17) is 5.73 Å². The van der Waals surface area contributed by atoms with Crippen LogP contribution in [-0.2, 0) is 5.41 Å². The van der Waals surface area contributed by atoms with E-state index in [1.807, 2.05) is 24.0 Å². The summed E-state index contributed by atoms with van der Waals surface area (Å²) in [6, 6.07) is 8.21. The summed E-state index contributed by atoms with van der Waals surface area (Å²) in [5.41, 5.74) is 8.16. The minimum Gasteiger partial charge on any atom is -0.338 e. The van der Waals surface area contributed by atoms with Crippen LogP contribution in [0.25, 0.3) is 0 Å². The highest BCUT2D eigenvalue weighted by Crippen LogP contribution is 2.24. The second-order valence-electron chi connectivity index (χ2n) is 7.34. The second kappa shape index (κ2) is 6.18. The van der Waals surface area contributed by atoms with Crippen molar-refractivity contribution < 1.29 is 4.79 Å². The van der Waals surface area contributed by atoms with Crippen LogP contribution >= 0.6 is 0 Å². The summed E-state index contributed by atoms with van der Waals surface area (Å²) < 4.78 is 0. The molecule has 0 bridgehead atoms. The van der Waals surface area contributed by atoms with Crippen LogP contribution in [0.4, 0.5) is 0 Å². The van der Waals surface area contributed by atoms with Gasteiger partial charge in [-0.15, -0.1) is 0 Å². The van der Waals surface area contributed by atoms with Crippen molar-refractivity contribution in [3.8, 4) is 0 Å². The van der Waals surface area contributed by atoms with Crippen molar-refractivity contribution in [2.45, 2.75) is 52.0 Å². The monoisotopic (exact) mass is 288 g/mol. The average molecular weight is 288 g/mol.